The zero-order valence-corrected chi connectivity index (χ0v) is 15.8. The van der Waals surface area contributed by atoms with Crippen molar-refractivity contribution in [1.29, 1.82) is 5.26 Å². The molecule has 0 radical (unpaired) electrons. The van der Waals surface area contributed by atoms with E-state index in [0.29, 0.717) is 24.4 Å². The third-order valence-electron chi connectivity index (χ3n) is 6.04. The minimum atomic E-state index is -0.911. The van der Waals surface area contributed by atoms with Crippen molar-refractivity contribution in [1.82, 2.24) is 4.90 Å². The van der Waals surface area contributed by atoms with Crippen LogP contribution in [0.5, 0.6) is 5.75 Å². The summed E-state index contributed by atoms with van der Waals surface area (Å²) in [6, 6.07) is 8.71. The van der Waals surface area contributed by atoms with E-state index < -0.39 is 12.2 Å². The minimum Gasteiger partial charge on any atom is -0.490 e. The van der Waals surface area contributed by atoms with E-state index in [9.17, 15) is 9.18 Å². The summed E-state index contributed by atoms with van der Waals surface area (Å²) in [5, 5.41) is 8.85. The third-order valence-corrected chi connectivity index (χ3v) is 6.04. The number of nitrogens with zero attached hydrogens (tertiary/aromatic N) is 2. The lowest BCUT2D eigenvalue weighted by Crippen LogP contribution is -2.48. The smallest absolute Gasteiger partial charge is 0.239 e. The predicted molar refractivity (Wildman–Crippen MR) is 101 cm³/mol. The van der Waals surface area contributed by atoms with Crippen LogP contribution in [0.4, 0.5) is 4.39 Å². The maximum absolute atomic E-state index is 13.4. The van der Waals surface area contributed by atoms with Crippen molar-refractivity contribution in [3.63, 3.8) is 0 Å². The second-order valence-corrected chi connectivity index (χ2v) is 7.85. The molecule has 5 nitrogen and oxygen atoms in total. The van der Waals surface area contributed by atoms with E-state index in [1.165, 1.54) is 0 Å². The highest BCUT2D eigenvalue weighted by atomic mass is 19.1. The molecule has 1 saturated heterocycles. The second kappa shape index (κ2) is 8.71. The van der Waals surface area contributed by atoms with Crippen LogP contribution in [-0.4, -0.2) is 42.2 Å². The number of carbonyl (C=O) groups excluding carboxylic acids is 1. The van der Waals surface area contributed by atoms with Gasteiger partial charge in [0.15, 0.2) is 0 Å². The molecule has 1 aliphatic carbocycles. The van der Waals surface area contributed by atoms with Crippen LogP contribution < -0.4 is 10.5 Å². The summed E-state index contributed by atoms with van der Waals surface area (Å²) < 4.78 is 19.4. The first-order chi connectivity index (χ1) is 13.0. The molecule has 0 bridgehead atoms. The first-order valence-electron chi connectivity index (χ1n) is 9.83. The first kappa shape index (κ1) is 19.6. The van der Waals surface area contributed by atoms with Crippen LogP contribution in [0.25, 0.3) is 0 Å². The van der Waals surface area contributed by atoms with Gasteiger partial charge >= 0.3 is 0 Å². The molecule has 2 fully saturated rings. The zero-order chi connectivity index (χ0) is 19.4. The number of nitriles is 1. The Morgan fingerprint density at radius 3 is 2.48 bits per heavy atom. The molecule has 1 heterocycles. The van der Waals surface area contributed by atoms with E-state index in [2.05, 4.69) is 6.07 Å². The summed E-state index contributed by atoms with van der Waals surface area (Å²) in [7, 11) is 0. The molecule has 1 unspecified atom stereocenters. The van der Waals surface area contributed by atoms with Crippen LogP contribution in [0.3, 0.4) is 0 Å². The van der Waals surface area contributed by atoms with Crippen molar-refractivity contribution in [3.05, 3.63) is 29.8 Å². The van der Waals surface area contributed by atoms with Gasteiger partial charge in [0, 0.05) is 6.54 Å². The fourth-order valence-corrected chi connectivity index (χ4v) is 4.18. The van der Waals surface area contributed by atoms with Gasteiger partial charge in [0.1, 0.15) is 11.9 Å². The van der Waals surface area contributed by atoms with E-state index in [1.807, 2.05) is 19.1 Å². The molecule has 1 aromatic carbocycles. The first-order valence-corrected chi connectivity index (χ1v) is 9.83. The quantitative estimate of drug-likeness (QED) is 0.860. The second-order valence-electron chi connectivity index (χ2n) is 7.85. The molecular weight excluding hydrogens is 345 g/mol. The largest absolute Gasteiger partial charge is 0.490 e. The summed E-state index contributed by atoms with van der Waals surface area (Å²) in [4.78, 5) is 14.1. The van der Waals surface area contributed by atoms with Crippen LogP contribution in [-0.2, 0) is 4.79 Å². The monoisotopic (exact) mass is 373 g/mol. The Balaban J connectivity index is 1.47. The van der Waals surface area contributed by atoms with Crippen molar-refractivity contribution < 1.29 is 13.9 Å². The number of ether oxygens (including phenoxy) is 1. The molecular formula is C21H28FN3O2. The van der Waals surface area contributed by atoms with E-state index in [0.717, 1.165) is 31.4 Å². The Hall–Kier alpha value is -2.13. The molecule has 2 N–H and O–H groups in total. The van der Waals surface area contributed by atoms with Gasteiger partial charge in [-0.25, -0.2) is 4.39 Å². The lowest BCUT2D eigenvalue weighted by Gasteiger charge is -2.35. The SMILES string of the molecule is C[C@@H](C1CCC(Oc2ccc(C#N)cc2)CC1)C(N)C(=O)N1CC[C@H](F)C1. The van der Waals surface area contributed by atoms with Crippen LogP contribution >= 0.6 is 0 Å². The number of likely N-dealkylation sites (tertiary alicyclic amines) is 1. The van der Waals surface area contributed by atoms with Gasteiger partial charge in [-0.2, -0.15) is 5.26 Å². The Bertz CT molecular complexity index is 680. The maximum atomic E-state index is 13.4. The Morgan fingerprint density at radius 2 is 1.93 bits per heavy atom. The van der Waals surface area contributed by atoms with Gasteiger partial charge < -0.3 is 15.4 Å². The molecule has 27 heavy (non-hydrogen) atoms. The van der Waals surface area contributed by atoms with Gasteiger partial charge in [-0.15, -0.1) is 0 Å². The summed E-state index contributed by atoms with van der Waals surface area (Å²) >= 11 is 0. The Kier molecular flexibility index (Phi) is 6.33. The maximum Gasteiger partial charge on any atom is 0.239 e. The molecule has 1 aliphatic heterocycles. The average Bonchev–Trinajstić information content (AvgIpc) is 3.14. The Labute approximate surface area is 160 Å². The van der Waals surface area contributed by atoms with E-state index in [-0.39, 0.29) is 24.5 Å². The summed E-state index contributed by atoms with van der Waals surface area (Å²) in [5.74, 6) is 1.13. The number of nitrogens with two attached hydrogens (primary N) is 1. The standard InChI is InChI=1S/C21H28FN3O2/c1-14(20(24)21(26)25-11-10-17(22)13-25)16-4-8-19(9-5-16)27-18-6-2-15(12-23)3-7-18/h2-3,6-7,14,16-17,19-20H,4-5,8-11,13,24H2,1H3/t14-,16?,17-,19?,20?/m0/s1. The third kappa shape index (κ3) is 4.78. The molecule has 2 aliphatic rings. The summed E-state index contributed by atoms with van der Waals surface area (Å²) in [6.45, 7) is 2.70. The molecule has 0 aromatic heterocycles. The highest BCUT2D eigenvalue weighted by molar-refractivity contribution is 5.82. The van der Waals surface area contributed by atoms with Crippen LogP contribution in [0.2, 0.25) is 0 Å². The molecule has 1 aromatic rings. The van der Waals surface area contributed by atoms with Gasteiger partial charge in [0.2, 0.25) is 5.91 Å². The molecule has 3 rings (SSSR count). The van der Waals surface area contributed by atoms with Gasteiger partial charge in [0.05, 0.1) is 30.3 Å². The highest BCUT2D eigenvalue weighted by Gasteiger charge is 2.36. The van der Waals surface area contributed by atoms with Crippen molar-refractivity contribution in [2.75, 3.05) is 13.1 Å². The molecule has 6 heteroatoms. The number of carbonyl (C=O) groups is 1. The van der Waals surface area contributed by atoms with Crippen molar-refractivity contribution >= 4 is 5.91 Å². The lowest BCUT2D eigenvalue weighted by atomic mass is 9.76. The van der Waals surface area contributed by atoms with Crippen LogP contribution in [0.15, 0.2) is 24.3 Å². The fourth-order valence-electron chi connectivity index (χ4n) is 4.18. The number of halogens is 1. The van der Waals surface area contributed by atoms with Gasteiger partial charge in [-0.1, -0.05) is 6.92 Å². The zero-order valence-electron chi connectivity index (χ0n) is 15.8. The van der Waals surface area contributed by atoms with Gasteiger partial charge in [0.25, 0.3) is 0 Å². The van der Waals surface area contributed by atoms with Gasteiger partial charge in [-0.3, -0.25) is 4.79 Å². The number of hydrogen-bond acceptors (Lipinski definition) is 4. The number of hydrogen-bond donors (Lipinski definition) is 1. The fraction of sp³-hybridized carbons (Fsp3) is 0.619. The van der Waals surface area contributed by atoms with Crippen molar-refractivity contribution in [3.8, 4) is 11.8 Å². The van der Waals surface area contributed by atoms with E-state index >= 15 is 0 Å². The average molecular weight is 373 g/mol. The minimum absolute atomic E-state index is 0.0759. The Morgan fingerprint density at radius 1 is 1.26 bits per heavy atom. The van der Waals surface area contributed by atoms with E-state index in [4.69, 9.17) is 15.7 Å². The number of alkyl halides is 1. The van der Waals surface area contributed by atoms with Crippen molar-refractivity contribution in [2.24, 2.45) is 17.6 Å². The molecule has 3 atom stereocenters. The highest BCUT2D eigenvalue weighted by Crippen LogP contribution is 2.34. The number of rotatable bonds is 5. The lowest BCUT2D eigenvalue weighted by molar-refractivity contribution is -0.133. The molecule has 0 spiro atoms. The summed E-state index contributed by atoms with van der Waals surface area (Å²) in [5.41, 5.74) is 6.85. The molecule has 1 saturated carbocycles. The van der Waals surface area contributed by atoms with Crippen molar-refractivity contribution in [2.45, 2.75) is 57.3 Å². The van der Waals surface area contributed by atoms with E-state index in [1.54, 1.807) is 17.0 Å². The number of benzene rings is 1. The number of amides is 1. The molecule has 146 valence electrons. The normalized spacial score (nSPS) is 27.6. The van der Waals surface area contributed by atoms with Gasteiger partial charge in [-0.05, 0) is 68.2 Å². The summed E-state index contributed by atoms with van der Waals surface area (Å²) in [6.07, 6.45) is 3.44. The van der Waals surface area contributed by atoms with Crippen LogP contribution in [0.1, 0.15) is 44.6 Å². The predicted octanol–water partition coefficient (Wildman–Crippen LogP) is 3.03. The molecule has 1 amide bonds. The topological polar surface area (TPSA) is 79.3 Å². The van der Waals surface area contributed by atoms with Crippen LogP contribution in [0, 0.1) is 23.2 Å².